The SMILES string of the molecule is CC(C)(C)OC(=O)N1CCC(Oc2ccc(Nc3ncc4c5ccnc(F)c5n(C5CCCC5)c4n3)nn2)CC1. The normalized spacial score (nSPS) is 17.1. The van der Waals surface area contributed by atoms with Crippen LogP contribution in [0.15, 0.2) is 30.6 Å². The fraction of sp³-hybridized carbons (Fsp3) is 0.500. The highest BCUT2D eigenvalue weighted by Gasteiger charge is 2.28. The number of anilines is 2. The lowest BCUT2D eigenvalue weighted by Gasteiger charge is -2.33. The molecular formula is C28H33FN8O3. The van der Waals surface area contributed by atoms with Crippen molar-refractivity contribution in [2.24, 2.45) is 0 Å². The Labute approximate surface area is 231 Å². The van der Waals surface area contributed by atoms with Crippen LogP contribution < -0.4 is 10.1 Å². The predicted molar refractivity (Wildman–Crippen MR) is 147 cm³/mol. The highest BCUT2D eigenvalue weighted by molar-refractivity contribution is 6.06. The molecule has 1 aliphatic carbocycles. The Morgan fingerprint density at radius 2 is 1.80 bits per heavy atom. The summed E-state index contributed by atoms with van der Waals surface area (Å²) < 4.78 is 28.3. The molecule has 0 bridgehead atoms. The van der Waals surface area contributed by atoms with Crippen LogP contribution in [0.1, 0.15) is 65.3 Å². The number of nitrogens with one attached hydrogen (secondary N) is 1. The van der Waals surface area contributed by atoms with Gasteiger partial charge >= 0.3 is 6.09 Å². The van der Waals surface area contributed by atoms with Crippen LogP contribution in [0, 0.1) is 5.95 Å². The van der Waals surface area contributed by atoms with Crippen molar-refractivity contribution in [3.05, 3.63) is 36.5 Å². The van der Waals surface area contributed by atoms with E-state index in [1.54, 1.807) is 23.2 Å². The summed E-state index contributed by atoms with van der Waals surface area (Å²) in [6.45, 7) is 6.69. The Kier molecular flexibility index (Phi) is 6.85. The third-order valence-electron chi connectivity index (χ3n) is 7.36. The fourth-order valence-electron chi connectivity index (χ4n) is 5.52. The molecule has 4 aromatic rings. The molecule has 0 spiro atoms. The number of carbonyl (C=O) groups is 1. The van der Waals surface area contributed by atoms with Crippen molar-refractivity contribution in [1.29, 1.82) is 0 Å². The van der Waals surface area contributed by atoms with Crippen molar-refractivity contribution in [3.63, 3.8) is 0 Å². The van der Waals surface area contributed by atoms with Crippen LogP contribution in [0.2, 0.25) is 0 Å². The Bertz CT molecular complexity index is 1520. The van der Waals surface area contributed by atoms with Gasteiger partial charge in [0, 0.05) is 61.2 Å². The van der Waals surface area contributed by atoms with E-state index in [4.69, 9.17) is 14.5 Å². The smallest absolute Gasteiger partial charge is 0.410 e. The molecule has 0 atom stereocenters. The molecule has 4 aromatic heterocycles. The van der Waals surface area contributed by atoms with Crippen molar-refractivity contribution < 1.29 is 18.7 Å². The molecule has 1 N–H and O–H groups in total. The third kappa shape index (κ3) is 5.34. The second-order valence-electron chi connectivity index (χ2n) is 11.4. The highest BCUT2D eigenvalue weighted by Crippen LogP contribution is 2.38. The van der Waals surface area contributed by atoms with Crippen molar-refractivity contribution in [2.45, 2.75) is 77.0 Å². The molecule has 1 aliphatic heterocycles. The van der Waals surface area contributed by atoms with E-state index in [0.717, 1.165) is 36.5 Å². The maximum atomic E-state index is 14.9. The number of hydrogen-bond acceptors (Lipinski definition) is 9. The molecule has 0 aromatic carbocycles. The number of ether oxygens (including phenoxy) is 2. The maximum absolute atomic E-state index is 14.9. The number of piperidine rings is 1. The van der Waals surface area contributed by atoms with E-state index in [2.05, 4.69) is 25.5 Å². The van der Waals surface area contributed by atoms with Gasteiger partial charge < -0.3 is 24.3 Å². The van der Waals surface area contributed by atoms with Crippen LogP contribution >= 0.6 is 0 Å². The monoisotopic (exact) mass is 548 g/mol. The van der Waals surface area contributed by atoms with Gasteiger partial charge in [0.25, 0.3) is 0 Å². The van der Waals surface area contributed by atoms with E-state index in [-0.39, 0.29) is 18.2 Å². The molecule has 0 radical (unpaired) electrons. The van der Waals surface area contributed by atoms with E-state index in [9.17, 15) is 9.18 Å². The van der Waals surface area contributed by atoms with Gasteiger partial charge in [0.15, 0.2) is 5.82 Å². The molecule has 0 unspecified atom stereocenters. The Morgan fingerprint density at radius 1 is 1.02 bits per heavy atom. The van der Waals surface area contributed by atoms with Gasteiger partial charge in [0.2, 0.25) is 17.8 Å². The molecule has 1 saturated heterocycles. The topological polar surface area (TPSA) is 120 Å². The van der Waals surface area contributed by atoms with Crippen LogP contribution in [0.5, 0.6) is 5.88 Å². The number of rotatable bonds is 5. The van der Waals surface area contributed by atoms with Crippen LogP contribution in [0.3, 0.4) is 0 Å². The summed E-state index contributed by atoms with van der Waals surface area (Å²) in [6.07, 6.45) is 8.36. The summed E-state index contributed by atoms with van der Waals surface area (Å²) in [5, 5.41) is 13.1. The van der Waals surface area contributed by atoms with E-state index in [1.165, 1.54) is 6.20 Å². The van der Waals surface area contributed by atoms with E-state index in [1.807, 2.05) is 31.4 Å². The molecule has 40 heavy (non-hydrogen) atoms. The first-order valence-electron chi connectivity index (χ1n) is 13.8. The molecule has 2 fully saturated rings. The lowest BCUT2D eigenvalue weighted by Crippen LogP contribution is -2.44. The maximum Gasteiger partial charge on any atom is 0.410 e. The average Bonchev–Trinajstić information content (AvgIpc) is 3.56. The van der Waals surface area contributed by atoms with Gasteiger partial charge in [-0.3, -0.25) is 0 Å². The minimum Gasteiger partial charge on any atom is -0.473 e. The summed E-state index contributed by atoms with van der Waals surface area (Å²) >= 11 is 0. The standard InChI is InChI=1S/C28H33FN8O3/c1-28(2,3)40-27(38)36-14-11-18(12-15-36)39-22-9-8-21(34-35-22)32-26-31-16-20-19-10-13-30-24(29)23(19)37(25(20)33-26)17-6-4-5-7-17/h8-10,13,16-18H,4-7,11-12,14-15H2,1-3H3,(H,31,32,33,34). The zero-order chi connectivity index (χ0) is 27.9. The summed E-state index contributed by atoms with van der Waals surface area (Å²) in [6, 6.07) is 5.48. The van der Waals surface area contributed by atoms with Gasteiger partial charge in [0.05, 0.1) is 0 Å². The molecule has 6 rings (SSSR count). The third-order valence-corrected chi connectivity index (χ3v) is 7.36. The van der Waals surface area contributed by atoms with Crippen molar-refractivity contribution >= 4 is 39.8 Å². The number of hydrogen-bond donors (Lipinski definition) is 1. The quantitative estimate of drug-likeness (QED) is 0.320. The zero-order valence-corrected chi connectivity index (χ0v) is 22.9. The Morgan fingerprint density at radius 3 is 2.50 bits per heavy atom. The Hall–Kier alpha value is -4.09. The van der Waals surface area contributed by atoms with Crippen LogP contribution in [0.25, 0.3) is 21.9 Å². The number of fused-ring (bicyclic) bond motifs is 3. The lowest BCUT2D eigenvalue weighted by molar-refractivity contribution is 0.0122. The molecule has 2 aliphatic rings. The van der Waals surface area contributed by atoms with Crippen LogP contribution in [0.4, 0.5) is 21.0 Å². The van der Waals surface area contributed by atoms with E-state index < -0.39 is 11.5 Å². The number of halogens is 1. The van der Waals surface area contributed by atoms with Gasteiger partial charge in [-0.2, -0.15) is 9.37 Å². The lowest BCUT2D eigenvalue weighted by atomic mass is 10.1. The first kappa shape index (κ1) is 26.1. The van der Waals surface area contributed by atoms with Crippen molar-refractivity contribution in [1.82, 2.24) is 34.6 Å². The number of amides is 1. The molecule has 210 valence electrons. The summed E-state index contributed by atoms with van der Waals surface area (Å²) in [5.74, 6) is 0.721. The number of aromatic nitrogens is 6. The van der Waals surface area contributed by atoms with E-state index in [0.29, 0.717) is 54.7 Å². The molecular weight excluding hydrogens is 515 g/mol. The fourth-order valence-corrected chi connectivity index (χ4v) is 5.52. The number of nitrogens with zero attached hydrogens (tertiary/aromatic N) is 7. The largest absolute Gasteiger partial charge is 0.473 e. The Balaban J connectivity index is 1.13. The average molecular weight is 549 g/mol. The minimum absolute atomic E-state index is 0.0649. The zero-order valence-electron chi connectivity index (χ0n) is 22.9. The molecule has 11 nitrogen and oxygen atoms in total. The van der Waals surface area contributed by atoms with E-state index >= 15 is 0 Å². The molecule has 1 saturated carbocycles. The molecule has 5 heterocycles. The number of pyridine rings is 1. The highest BCUT2D eigenvalue weighted by atomic mass is 19.1. The summed E-state index contributed by atoms with van der Waals surface area (Å²) in [7, 11) is 0. The van der Waals surface area contributed by atoms with Gasteiger partial charge in [-0.15, -0.1) is 10.2 Å². The van der Waals surface area contributed by atoms with Gasteiger partial charge in [-0.25, -0.2) is 14.8 Å². The number of likely N-dealkylation sites (tertiary alicyclic amines) is 1. The van der Waals surface area contributed by atoms with Gasteiger partial charge in [0.1, 0.15) is 22.9 Å². The predicted octanol–water partition coefficient (Wildman–Crippen LogP) is 5.55. The summed E-state index contributed by atoms with van der Waals surface area (Å²) in [5.41, 5.74) is 0.641. The van der Waals surface area contributed by atoms with Gasteiger partial charge in [-0.1, -0.05) is 12.8 Å². The van der Waals surface area contributed by atoms with Crippen LogP contribution in [-0.4, -0.2) is 65.5 Å². The first-order valence-corrected chi connectivity index (χ1v) is 13.8. The van der Waals surface area contributed by atoms with Crippen molar-refractivity contribution in [2.75, 3.05) is 18.4 Å². The van der Waals surface area contributed by atoms with Crippen molar-refractivity contribution in [3.8, 4) is 5.88 Å². The molecule has 1 amide bonds. The number of carbonyl (C=O) groups excluding carboxylic acids is 1. The minimum atomic E-state index is -0.517. The van der Waals surface area contributed by atoms with Crippen LogP contribution in [-0.2, 0) is 4.74 Å². The second-order valence-corrected chi connectivity index (χ2v) is 11.4. The van der Waals surface area contributed by atoms with Gasteiger partial charge in [-0.05, 0) is 45.7 Å². The summed E-state index contributed by atoms with van der Waals surface area (Å²) in [4.78, 5) is 27.1. The second kappa shape index (κ2) is 10.5. The molecule has 12 heteroatoms. The first-order chi connectivity index (χ1) is 19.2.